The molecule has 0 aliphatic carbocycles. The van der Waals surface area contributed by atoms with E-state index in [2.05, 4.69) is 25.4 Å². The second-order valence-corrected chi connectivity index (χ2v) is 4.26. The molecule has 0 atom stereocenters. The van der Waals surface area contributed by atoms with E-state index in [0.29, 0.717) is 31.7 Å². The van der Waals surface area contributed by atoms with Gasteiger partial charge in [-0.05, 0) is 0 Å². The molecular formula is C11H15N7O2. The van der Waals surface area contributed by atoms with Crippen LogP contribution in [0.2, 0.25) is 0 Å². The van der Waals surface area contributed by atoms with E-state index >= 15 is 0 Å². The molecule has 1 aliphatic rings. The lowest BCUT2D eigenvalue weighted by Crippen LogP contribution is -2.37. The van der Waals surface area contributed by atoms with Crippen molar-refractivity contribution in [3.05, 3.63) is 18.0 Å². The molecule has 106 valence electrons. The highest BCUT2D eigenvalue weighted by atomic mass is 16.5. The lowest BCUT2D eigenvalue weighted by Gasteiger charge is -2.26. The zero-order valence-corrected chi connectivity index (χ0v) is 10.8. The summed E-state index contributed by atoms with van der Waals surface area (Å²) in [5, 5.41) is 6.84. The van der Waals surface area contributed by atoms with E-state index in [4.69, 9.17) is 15.0 Å². The van der Waals surface area contributed by atoms with Gasteiger partial charge in [-0.15, -0.1) is 0 Å². The number of nitrogen functional groups attached to an aromatic ring is 1. The van der Waals surface area contributed by atoms with Gasteiger partial charge in [0.1, 0.15) is 12.0 Å². The molecule has 0 radical (unpaired) electrons. The van der Waals surface area contributed by atoms with Crippen LogP contribution in [-0.2, 0) is 11.3 Å². The highest BCUT2D eigenvalue weighted by Crippen LogP contribution is 2.13. The number of hydrogen-bond donors (Lipinski definition) is 2. The average Bonchev–Trinajstić information content (AvgIpc) is 2.99. The Morgan fingerprint density at radius 1 is 1.25 bits per heavy atom. The van der Waals surface area contributed by atoms with Crippen molar-refractivity contribution in [3.8, 4) is 0 Å². The van der Waals surface area contributed by atoms with Crippen molar-refractivity contribution in [2.24, 2.45) is 0 Å². The van der Waals surface area contributed by atoms with Gasteiger partial charge in [-0.1, -0.05) is 5.16 Å². The summed E-state index contributed by atoms with van der Waals surface area (Å²) in [4.78, 5) is 14.6. The molecule has 0 amide bonds. The predicted octanol–water partition coefficient (Wildman–Crippen LogP) is -0.110. The molecule has 9 heteroatoms. The number of ether oxygens (including phenoxy) is 1. The number of nitrogens with two attached hydrogens (primary N) is 1. The Hall–Kier alpha value is -2.42. The Morgan fingerprint density at radius 2 is 2.10 bits per heavy atom. The molecular weight excluding hydrogens is 262 g/mol. The predicted molar refractivity (Wildman–Crippen MR) is 71.1 cm³/mol. The Kier molecular flexibility index (Phi) is 3.59. The van der Waals surface area contributed by atoms with Crippen LogP contribution in [0.3, 0.4) is 0 Å². The zero-order valence-electron chi connectivity index (χ0n) is 10.8. The molecule has 0 saturated carbocycles. The molecule has 3 rings (SSSR count). The van der Waals surface area contributed by atoms with Crippen molar-refractivity contribution < 1.29 is 9.26 Å². The third-order valence-electron chi connectivity index (χ3n) is 2.85. The first-order valence-electron chi connectivity index (χ1n) is 6.28. The van der Waals surface area contributed by atoms with Crippen molar-refractivity contribution in [3.63, 3.8) is 0 Å². The van der Waals surface area contributed by atoms with Crippen LogP contribution in [0.25, 0.3) is 0 Å². The van der Waals surface area contributed by atoms with Gasteiger partial charge in [0.2, 0.25) is 17.8 Å². The summed E-state index contributed by atoms with van der Waals surface area (Å²) in [5.74, 6) is 1.16. The SMILES string of the molecule is Nc1nc(NCc2ccon2)nc(N2CCOCC2)n1. The lowest BCUT2D eigenvalue weighted by molar-refractivity contribution is 0.122. The Balaban J connectivity index is 1.72. The number of nitrogens with zero attached hydrogens (tertiary/aromatic N) is 5. The van der Waals surface area contributed by atoms with Crippen LogP contribution in [0.15, 0.2) is 16.9 Å². The minimum atomic E-state index is 0.184. The van der Waals surface area contributed by atoms with Gasteiger partial charge in [-0.25, -0.2) is 0 Å². The second kappa shape index (κ2) is 5.70. The highest BCUT2D eigenvalue weighted by molar-refractivity contribution is 5.42. The molecule has 0 spiro atoms. The highest BCUT2D eigenvalue weighted by Gasteiger charge is 2.15. The van der Waals surface area contributed by atoms with Gasteiger partial charge in [-0.2, -0.15) is 15.0 Å². The van der Waals surface area contributed by atoms with E-state index in [1.165, 1.54) is 6.26 Å². The normalized spacial score (nSPS) is 15.3. The van der Waals surface area contributed by atoms with Gasteiger partial charge in [0.15, 0.2) is 0 Å². The zero-order chi connectivity index (χ0) is 13.8. The van der Waals surface area contributed by atoms with E-state index in [1.54, 1.807) is 6.07 Å². The second-order valence-electron chi connectivity index (χ2n) is 4.26. The van der Waals surface area contributed by atoms with Gasteiger partial charge in [0.05, 0.1) is 19.8 Å². The lowest BCUT2D eigenvalue weighted by atomic mass is 10.4. The Bertz CT molecular complexity index is 554. The molecule has 1 aliphatic heterocycles. The first kappa shape index (κ1) is 12.6. The molecule has 0 aromatic carbocycles. The fourth-order valence-corrected chi connectivity index (χ4v) is 1.86. The van der Waals surface area contributed by atoms with Gasteiger partial charge >= 0.3 is 0 Å². The van der Waals surface area contributed by atoms with Crippen LogP contribution in [0.1, 0.15) is 5.69 Å². The van der Waals surface area contributed by atoms with Crippen molar-refractivity contribution in [2.75, 3.05) is 42.3 Å². The van der Waals surface area contributed by atoms with Crippen molar-refractivity contribution in [1.29, 1.82) is 0 Å². The van der Waals surface area contributed by atoms with E-state index in [0.717, 1.165) is 18.8 Å². The van der Waals surface area contributed by atoms with Crippen LogP contribution in [0, 0.1) is 0 Å². The minimum Gasteiger partial charge on any atom is -0.378 e. The standard InChI is InChI=1S/C11H15N7O2/c12-9-14-10(13-7-8-1-4-20-17-8)16-11(15-9)18-2-5-19-6-3-18/h1,4H,2-3,5-7H2,(H3,12,13,14,15,16). The monoisotopic (exact) mass is 277 g/mol. The third-order valence-corrected chi connectivity index (χ3v) is 2.85. The molecule has 0 bridgehead atoms. The van der Waals surface area contributed by atoms with E-state index in [-0.39, 0.29) is 5.95 Å². The average molecular weight is 277 g/mol. The molecule has 2 aromatic rings. The van der Waals surface area contributed by atoms with Gasteiger partial charge in [0.25, 0.3) is 0 Å². The molecule has 1 fully saturated rings. The minimum absolute atomic E-state index is 0.184. The first-order valence-corrected chi connectivity index (χ1v) is 6.28. The number of rotatable bonds is 4. The molecule has 3 heterocycles. The third kappa shape index (κ3) is 2.94. The van der Waals surface area contributed by atoms with Gasteiger partial charge in [0, 0.05) is 19.2 Å². The summed E-state index contributed by atoms with van der Waals surface area (Å²) in [7, 11) is 0. The quantitative estimate of drug-likeness (QED) is 0.789. The summed E-state index contributed by atoms with van der Waals surface area (Å²) >= 11 is 0. The smallest absolute Gasteiger partial charge is 0.232 e. The van der Waals surface area contributed by atoms with Crippen LogP contribution in [0.5, 0.6) is 0 Å². The molecule has 9 nitrogen and oxygen atoms in total. The maximum atomic E-state index is 5.72. The van der Waals surface area contributed by atoms with Gasteiger partial charge < -0.3 is 25.2 Å². The maximum absolute atomic E-state index is 5.72. The number of morpholine rings is 1. The fraction of sp³-hybridized carbons (Fsp3) is 0.455. The summed E-state index contributed by atoms with van der Waals surface area (Å²) in [6, 6.07) is 1.76. The summed E-state index contributed by atoms with van der Waals surface area (Å²) in [5.41, 5.74) is 6.48. The maximum Gasteiger partial charge on any atom is 0.232 e. The summed E-state index contributed by atoms with van der Waals surface area (Å²) in [6.07, 6.45) is 1.51. The fourth-order valence-electron chi connectivity index (χ4n) is 1.86. The van der Waals surface area contributed by atoms with Crippen LogP contribution >= 0.6 is 0 Å². The Labute approximate surface area is 115 Å². The van der Waals surface area contributed by atoms with Crippen molar-refractivity contribution in [2.45, 2.75) is 6.54 Å². The van der Waals surface area contributed by atoms with Crippen LogP contribution in [-0.4, -0.2) is 46.4 Å². The van der Waals surface area contributed by atoms with Crippen LogP contribution in [0.4, 0.5) is 17.8 Å². The number of anilines is 3. The van der Waals surface area contributed by atoms with E-state index < -0.39 is 0 Å². The Morgan fingerprint density at radius 3 is 2.85 bits per heavy atom. The summed E-state index contributed by atoms with van der Waals surface area (Å²) in [6.45, 7) is 3.27. The molecule has 0 unspecified atom stereocenters. The largest absolute Gasteiger partial charge is 0.378 e. The molecule has 20 heavy (non-hydrogen) atoms. The molecule has 1 saturated heterocycles. The van der Waals surface area contributed by atoms with E-state index in [1.807, 2.05) is 4.90 Å². The van der Waals surface area contributed by atoms with Crippen LogP contribution < -0.4 is 16.0 Å². The van der Waals surface area contributed by atoms with Gasteiger partial charge in [-0.3, -0.25) is 0 Å². The topological polar surface area (TPSA) is 115 Å². The molecule has 2 aromatic heterocycles. The number of hydrogen-bond acceptors (Lipinski definition) is 9. The van der Waals surface area contributed by atoms with E-state index in [9.17, 15) is 0 Å². The first-order chi connectivity index (χ1) is 9.81. The summed E-state index contributed by atoms with van der Waals surface area (Å²) < 4.78 is 10.1. The number of nitrogens with one attached hydrogen (secondary N) is 1. The van der Waals surface area contributed by atoms with Crippen molar-refractivity contribution in [1.82, 2.24) is 20.1 Å². The molecule has 3 N–H and O–H groups in total. The van der Waals surface area contributed by atoms with Crippen molar-refractivity contribution >= 4 is 17.8 Å². The number of aromatic nitrogens is 4.